The lowest BCUT2D eigenvalue weighted by Gasteiger charge is -2.11. The van der Waals surface area contributed by atoms with E-state index < -0.39 is 0 Å². The molecule has 1 atom stereocenters. The van der Waals surface area contributed by atoms with Crippen LogP contribution in [0, 0.1) is 0 Å². The number of fused-ring (bicyclic) bond motifs is 1. The van der Waals surface area contributed by atoms with Crippen molar-refractivity contribution in [2.75, 3.05) is 13.2 Å². The molecule has 1 aromatic carbocycles. The van der Waals surface area contributed by atoms with Crippen molar-refractivity contribution >= 4 is 5.65 Å². The molecule has 3 aromatic rings. The molecule has 1 saturated heterocycles. The molecule has 0 radical (unpaired) electrons. The van der Waals surface area contributed by atoms with E-state index in [0.717, 1.165) is 25.3 Å². The highest BCUT2D eigenvalue weighted by molar-refractivity contribution is 5.65. The number of hydrogen-bond donors (Lipinski definition) is 0. The minimum absolute atomic E-state index is 0.242. The molecular weight excluding hydrogens is 276 g/mol. The van der Waals surface area contributed by atoms with Crippen molar-refractivity contribution in [3.05, 3.63) is 60.6 Å². The second-order valence-corrected chi connectivity index (χ2v) is 5.61. The van der Waals surface area contributed by atoms with Crippen molar-refractivity contribution in [2.45, 2.75) is 19.1 Å². The van der Waals surface area contributed by atoms with Crippen LogP contribution in [0.1, 0.15) is 12.0 Å². The maximum atomic E-state index is 5.90. The van der Waals surface area contributed by atoms with Crippen molar-refractivity contribution in [1.82, 2.24) is 9.38 Å². The zero-order chi connectivity index (χ0) is 14.8. The fourth-order valence-corrected chi connectivity index (χ4v) is 2.79. The first-order valence-electron chi connectivity index (χ1n) is 7.60. The molecule has 0 N–H and O–H groups in total. The number of imidazole rings is 1. The summed E-state index contributed by atoms with van der Waals surface area (Å²) in [7, 11) is 0. The summed E-state index contributed by atoms with van der Waals surface area (Å²) < 4.78 is 13.3. The van der Waals surface area contributed by atoms with Gasteiger partial charge in [0.1, 0.15) is 5.65 Å². The molecule has 0 unspecified atom stereocenters. The largest absolute Gasteiger partial charge is 0.379 e. The molecule has 0 saturated carbocycles. The summed E-state index contributed by atoms with van der Waals surface area (Å²) in [4.78, 5) is 4.28. The molecule has 1 aliphatic rings. The van der Waals surface area contributed by atoms with Gasteiger partial charge in [0.25, 0.3) is 0 Å². The van der Waals surface area contributed by atoms with E-state index in [1.54, 1.807) is 0 Å². The van der Waals surface area contributed by atoms with Crippen LogP contribution < -0.4 is 0 Å². The highest BCUT2D eigenvalue weighted by Gasteiger charge is 2.15. The zero-order valence-electron chi connectivity index (χ0n) is 12.3. The molecule has 22 heavy (non-hydrogen) atoms. The van der Waals surface area contributed by atoms with Crippen LogP contribution in [0.5, 0.6) is 0 Å². The monoisotopic (exact) mass is 294 g/mol. The average Bonchev–Trinajstić information content (AvgIpc) is 3.24. The summed E-state index contributed by atoms with van der Waals surface area (Å²) in [6.07, 6.45) is 7.12. The van der Waals surface area contributed by atoms with E-state index in [1.165, 1.54) is 16.7 Å². The third-order valence-corrected chi connectivity index (χ3v) is 4.02. The maximum absolute atomic E-state index is 5.90. The third-order valence-electron chi connectivity index (χ3n) is 4.02. The Morgan fingerprint density at radius 1 is 1.23 bits per heavy atom. The molecular formula is C18H18N2O2. The van der Waals surface area contributed by atoms with E-state index >= 15 is 0 Å². The van der Waals surface area contributed by atoms with Crippen LogP contribution >= 0.6 is 0 Å². The number of rotatable bonds is 4. The van der Waals surface area contributed by atoms with Gasteiger partial charge in [0.2, 0.25) is 0 Å². The van der Waals surface area contributed by atoms with E-state index in [2.05, 4.69) is 41.5 Å². The van der Waals surface area contributed by atoms with Gasteiger partial charge in [-0.1, -0.05) is 18.2 Å². The molecule has 1 aliphatic heterocycles. The van der Waals surface area contributed by atoms with Crippen molar-refractivity contribution in [3.8, 4) is 11.1 Å². The molecule has 3 heterocycles. The van der Waals surface area contributed by atoms with E-state index in [-0.39, 0.29) is 6.10 Å². The van der Waals surface area contributed by atoms with Crippen molar-refractivity contribution in [2.24, 2.45) is 0 Å². The number of hydrogen-bond acceptors (Lipinski definition) is 3. The number of ether oxygens (including phenoxy) is 2. The van der Waals surface area contributed by atoms with Crippen molar-refractivity contribution in [3.63, 3.8) is 0 Å². The summed E-state index contributed by atoms with van der Waals surface area (Å²) in [5.74, 6) is 0. The summed E-state index contributed by atoms with van der Waals surface area (Å²) in [6.45, 7) is 2.17. The van der Waals surface area contributed by atoms with Gasteiger partial charge in [-0.2, -0.15) is 0 Å². The van der Waals surface area contributed by atoms with Crippen LogP contribution in [0.2, 0.25) is 0 Å². The Hall–Kier alpha value is -2.17. The SMILES string of the molecule is c1cc(CO[C@H]2CCOC2)cc(-c2ccc3nccn3c2)c1. The lowest BCUT2D eigenvalue weighted by molar-refractivity contribution is 0.0318. The average molecular weight is 294 g/mol. The van der Waals surface area contributed by atoms with Gasteiger partial charge in [0.05, 0.1) is 19.3 Å². The Morgan fingerprint density at radius 2 is 2.23 bits per heavy atom. The van der Waals surface area contributed by atoms with E-state index in [0.29, 0.717) is 6.61 Å². The molecule has 112 valence electrons. The number of pyridine rings is 1. The number of nitrogens with zero attached hydrogens (tertiary/aromatic N) is 2. The topological polar surface area (TPSA) is 35.8 Å². The Kier molecular flexibility index (Phi) is 3.62. The van der Waals surface area contributed by atoms with E-state index in [1.807, 2.05) is 22.9 Å². The predicted molar refractivity (Wildman–Crippen MR) is 84.6 cm³/mol. The van der Waals surface area contributed by atoms with Gasteiger partial charge in [-0.25, -0.2) is 4.98 Å². The zero-order valence-corrected chi connectivity index (χ0v) is 12.3. The normalized spacial score (nSPS) is 18.1. The molecule has 4 rings (SSSR count). The summed E-state index contributed by atoms with van der Waals surface area (Å²) in [5.41, 5.74) is 4.52. The highest BCUT2D eigenvalue weighted by atomic mass is 16.5. The quantitative estimate of drug-likeness (QED) is 0.740. The Bertz CT molecular complexity index is 775. The third kappa shape index (κ3) is 2.75. The number of aromatic nitrogens is 2. The van der Waals surface area contributed by atoms with Gasteiger partial charge >= 0.3 is 0 Å². The molecule has 2 aromatic heterocycles. The van der Waals surface area contributed by atoms with E-state index in [9.17, 15) is 0 Å². The first kappa shape index (κ1) is 13.5. The molecule has 0 bridgehead atoms. The lowest BCUT2D eigenvalue weighted by atomic mass is 10.1. The fraction of sp³-hybridized carbons (Fsp3) is 0.278. The van der Waals surface area contributed by atoms with Crippen LogP contribution in [0.3, 0.4) is 0 Å². The number of benzene rings is 1. The van der Waals surface area contributed by atoms with Crippen molar-refractivity contribution in [1.29, 1.82) is 0 Å². The van der Waals surface area contributed by atoms with Crippen LogP contribution in [-0.4, -0.2) is 28.7 Å². The fourth-order valence-electron chi connectivity index (χ4n) is 2.79. The van der Waals surface area contributed by atoms with Gasteiger partial charge < -0.3 is 13.9 Å². The van der Waals surface area contributed by atoms with Crippen LogP contribution in [0.4, 0.5) is 0 Å². The highest BCUT2D eigenvalue weighted by Crippen LogP contribution is 2.22. The molecule has 4 heteroatoms. The van der Waals surface area contributed by atoms with Gasteiger partial charge in [-0.05, 0) is 41.3 Å². The Labute approximate surface area is 129 Å². The first-order valence-corrected chi connectivity index (χ1v) is 7.60. The van der Waals surface area contributed by atoms with Gasteiger partial charge in [0, 0.05) is 25.2 Å². The van der Waals surface area contributed by atoms with Gasteiger partial charge in [0.15, 0.2) is 0 Å². The standard InChI is InChI=1S/C18H18N2O2/c1-2-14(12-22-17-6-9-21-13-17)10-15(3-1)16-4-5-18-19-7-8-20(18)11-16/h1-5,7-8,10-11,17H,6,9,12-13H2/t17-/m0/s1. The molecule has 1 fully saturated rings. The van der Waals surface area contributed by atoms with Gasteiger partial charge in [-0.15, -0.1) is 0 Å². The second kappa shape index (κ2) is 5.91. The molecule has 0 aliphatic carbocycles. The van der Waals surface area contributed by atoms with Crippen LogP contribution in [0.25, 0.3) is 16.8 Å². The van der Waals surface area contributed by atoms with Gasteiger partial charge in [-0.3, -0.25) is 0 Å². The lowest BCUT2D eigenvalue weighted by Crippen LogP contribution is -2.11. The van der Waals surface area contributed by atoms with Crippen LogP contribution in [0.15, 0.2) is 55.0 Å². The Balaban J connectivity index is 1.54. The molecule has 4 nitrogen and oxygen atoms in total. The van der Waals surface area contributed by atoms with Crippen LogP contribution in [-0.2, 0) is 16.1 Å². The minimum Gasteiger partial charge on any atom is -0.379 e. The van der Waals surface area contributed by atoms with E-state index in [4.69, 9.17) is 9.47 Å². The minimum atomic E-state index is 0.242. The van der Waals surface area contributed by atoms with Crippen molar-refractivity contribution < 1.29 is 9.47 Å². The summed E-state index contributed by atoms with van der Waals surface area (Å²) in [6, 6.07) is 12.6. The predicted octanol–water partition coefficient (Wildman–Crippen LogP) is 3.31. The molecule has 0 spiro atoms. The Morgan fingerprint density at radius 3 is 3.14 bits per heavy atom. The smallest absolute Gasteiger partial charge is 0.136 e. The second-order valence-electron chi connectivity index (χ2n) is 5.61. The maximum Gasteiger partial charge on any atom is 0.136 e. The first-order chi connectivity index (χ1) is 10.9. The summed E-state index contributed by atoms with van der Waals surface area (Å²) >= 11 is 0. The summed E-state index contributed by atoms with van der Waals surface area (Å²) in [5, 5.41) is 0. The molecule has 0 amide bonds.